The fraction of sp³-hybridized carbons (Fsp3) is 0.407. The van der Waals surface area contributed by atoms with Crippen LogP contribution in [0.4, 0.5) is 10.1 Å². The predicted octanol–water partition coefficient (Wildman–Crippen LogP) is 1.90. The molecule has 0 radical (unpaired) electrons. The number of Topliss-reactive ketones (excluding diaryl/α,β-unsaturated/α-hetero) is 1. The Balaban J connectivity index is 1.52. The van der Waals surface area contributed by atoms with Crippen molar-refractivity contribution in [3.8, 4) is 5.75 Å². The van der Waals surface area contributed by atoms with E-state index in [9.17, 15) is 28.7 Å². The molecule has 0 bridgehead atoms. The molecule has 4 atom stereocenters. The van der Waals surface area contributed by atoms with Crippen LogP contribution in [0.15, 0.2) is 48.5 Å². The molecule has 2 aromatic rings. The van der Waals surface area contributed by atoms with Crippen LogP contribution in [0.1, 0.15) is 31.4 Å². The van der Waals surface area contributed by atoms with Gasteiger partial charge in [-0.1, -0.05) is 19.1 Å². The molecule has 1 saturated heterocycles. The molecule has 1 aliphatic heterocycles. The van der Waals surface area contributed by atoms with Gasteiger partial charge in [-0.3, -0.25) is 19.2 Å². The van der Waals surface area contributed by atoms with Crippen LogP contribution in [0.3, 0.4) is 0 Å². The van der Waals surface area contributed by atoms with Gasteiger partial charge in [0.2, 0.25) is 5.91 Å². The molecule has 12 heteroatoms. The Bertz CT molecular complexity index is 1160. The molecule has 0 aromatic heterocycles. The van der Waals surface area contributed by atoms with Gasteiger partial charge < -0.3 is 30.9 Å². The van der Waals surface area contributed by atoms with Crippen LogP contribution in [0.2, 0.25) is 0 Å². The molecule has 10 nitrogen and oxygen atoms in total. The summed E-state index contributed by atoms with van der Waals surface area (Å²) in [6, 6.07) is 11.2. The van der Waals surface area contributed by atoms with E-state index in [2.05, 4.69) is 5.32 Å². The number of carbonyl (C=O) groups excluding carboxylic acids is 3. The lowest BCUT2D eigenvalue weighted by atomic mass is 9.92. The minimum absolute atomic E-state index is 0.0595. The lowest BCUT2D eigenvalue weighted by Crippen LogP contribution is -2.57. The number of anilines is 1. The largest absolute Gasteiger partial charge is 0.484 e. The maximum absolute atomic E-state index is 13.4. The van der Waals surface area contributed by atoms with E-state index in [0.29, 0.717) is 17.2 Å². The Morgan fingerprint density at radius 3 is 2.44 bits per heavy atom. The molecule has 3 rings (SSSR count). The predicted molar refractivity (Wildman–Crippen MR) is 144 cm³/mol. The van der Waals surface area contributed by atoms with Crippen LogP contribution in [-0.2, 0) is 19.2 Å². The number of ether oxygens (including phenoxy) is 1. The first-order chi connectivity index (χ1) is 18.6. The minimum atomic E-state index is -1.13. The Hall–Kier alpha value is -3.48. The van der Waals surface area contributed by atoms with Crippen molar-refractivity contribution in [2.75, 3.05) is 30.4 Å². The van der Waals surface area contributed by atoms with Gasteiger partial charge in [-0.15, -0.1) is 11.8 Å². The van der Waals surface area contributed by atoms with Crippen LogP contribution in [0, 0.1) is 11.7 Å². The fourth-order valence-corrected chi connectivity index (χ4v) is 5.33. The van der Waals surface area contributed by atoms with Crippen LogP contribution >= 0.6 is 11.8 Å². The Labute approximate surface area is 229 Å². The number of aliphatic hydroxyl groups is 1. The maximum Gasteiger partial charge on any atom is 0.320 e. The van der Waals surface area contributed by atoms with E-state index in [-0.39, 0.29) is 56.3 Å². The average Bonchev–Trinajstić information content (AvgIpc) is 2.90. The molecule has 1 fully saturated rings. The smallest absolute Gasteiger partial charge is 0.320 e. The fourth-order valence-electron chi connectivity index (χ4n) is 4.25. The van der Waals surface area contributed by atoms with Gasteiger partial charge in [0.05, 0.1) is 19.2 Å². The molecular weight excluding hydrogens is 529 g/mol. The number of thioether (sulfide) groups is 1. The molecule has 2 aromatic carbocycles. The van der Waals surface area contributed by atoms with Crippen LogP contribution in [0.25, 0.3) is 0 Å². The van der Waals surface area contributed by atoms with Crippen molar-refractivity contribution in [3.63, 3.8) is 0 Å². The summed E-state index contributed by atoms with van der Waals surface area (Å²) < 4.78 is 18.9. The molecule has 1 aliphatic rings. The van der Waals surface area contributed by atoms with Gasteiger partial charge in [-0.05, 0) is 54.3 Å². The minimum Gasteiger partial charge on any atom is -0.484 e. The molecule has 39 heavy (non-hydrogen) atoms. The topological polar surface area (TPSA) is 159 Å². The number of carboxylic acids is 1. The third-order valence-corrected chi connectivity index (χ3v) is 7.40. The highest BCUT2D eigenvalue weighted by molar-refractivity contribution is 8.00. The van der Waals surface area contributed by atoms with Gasteiger partial charge in [-0.25, -0.2) is 4.39 Å². The number of nitrogens with zero attached hydrogens (tertiary/aromatic N) is 1. The monoisotopic (exact) mass is 561 g/mol. The van der Waals surface area contributed by atoms with Crippen molar-refractivity contribution < 1.29 is 38.5 Å². The van der Waals surface area contributed by atoms with E-state index in [1.54, 1.807) is 48.2 Å². The number of hydrogen-bond acceptors (Lipinski definition) is 8. The van der Waals surface area contributed by atoms with E-state index in [4.69, 9.17) is 15.6 Å². The zero-order valence-corrected chi connectivity index (χ0v) is 22.2. The summed E-state index contributed by atoms with van der Waals surface area (Å²) in [4.78, 5) is 49.4. The number of benzene rings is 2. The quantitative estimate of drug-likeness (QED) is 0.238. The van der Waals surface area contributed by atoms with E-state index in [1.807, 2.05) is 0 Å². The van der Waals surface area contributed by atoms with Crippen LogP contribution in [-0.4, -0.2) is 70.6 Å². The number of carboxylic acid groups (broad SMARTS) is 1. The summed E-state index contributed by atoms with van der Waals surface area (Å²) >= 11 is 1.35. The number of amides is 2. The van der Waals surface area contributed by atoms with Gasteiger partial charge in [0.25, 0.3) is 5.91 Å². The van der Waals surface area contributed by atoms with Gasteiger partial charge in [0.1, 0.15) is 22.9 Å². The van der Waals surface area contributed by atoms with Gasteiger partial charge in [0.15, 0.2) is 12.4 Å². The number of hydrogen-bond donors (Lipinski definition) is 4. The second kappa shape index (κ2) is 14.1. The summed E-state index contributed by atoms with van der Waals surface area (Å²) in [7, 11) is 0. The standard InChI is InChI=1S/C27H32FN3O7S/c1-16(13-22(29)27(36)37)12-20(33)14-30-23(34)15-38-21-8-2-17(3-9-21)24-25(39-11-10-32)26(35)31(24)19-6-4-18(28)5-7-19/h2-9,16,22,24-25,32H,10-15,29H2,1H3,(H,30,34)(H,36,37)/t16?,22-,24-,25-/m1/s1. The van der Waals surface area contributed by atoms with E-state index < -0.39 is 29.0 Å². The number of aliphatic carboxylic acids is 1. The third kappa shape index (κ3) is 8.25. The number of carbonyl (C=O) groups is 4. The van der Waals surface area contributed by atoms with E-state index >= 15 is 0 Å². The van der Waals surface area contributed by atoms with Crippen molar-refractivity contribution in [3.05, 3.63) is 59.9 Å². The van der Waals surface area contributed by atoms with Crippen molar-refractivity contribution >= 4 is 41.0 Å². The number of nitrogens with two attached hydrogens (primary N) is 1. The molecule has 0 aliphatic carbocycles. The summed E-state index contributed by atoms with van der Waals surface area (Å²) in [6.07, 6.45) is 0.255. The zero-order chi connectivity index (χ0) is 28.5. The van der Waals surface area contributed by atoms with E-state index in [0.717, 1.165) is 5.56 Å². The van der Waals surface area contributed by atoms with Crippen LogP contribution < -0.4 is 20.7 Å². The molecular formula is C27H32FN3O7S. The highest BCUT2D eigenvalue weighted by Crippen LogP contribution is 2.45. The zero-order valence-electron chi connectivity index (χ0n) is 21.4. The van der Waals surface area contributed by atoms with Crippen molar-refractivity contribution in [1.82, 2.24) is 5.32 Å². The number of halogens is 1. The van der Waals surface area contributed by atoms with E-state index in [1.165, 1.54) is 23.9 Å². The normalized spacial score (nSPS) is 18.2. The first-order valence-corrected chi connectivity index (χ1v) is 13.5. The second-order valence-electron chi connectivity index (χ2n) is 9.31. The molecule has 1 heterocycles. The van der Waals surface area contributed by atoms with Gasteiger partial charge in [-0.2, -0.15) is 0 Å². The number of ketones is 1. The SMILES string of the molecule is CC(CC(=O)CNC(=O)COc1ccc([C@@H]2[C@@H](SCCO)C(=O)N2c2ccc(F)cc2)cc1)C[C@@H](N)C(=O)O. The van der Waals surface area contributed by atoms with Crippen molar-refractivity contribution in [1.29, 1.82) is 0 Å². The third-order valence-electron chi connectivity index (χ3n) is 6.16. The first-order valence-electron chi connectivity index (χ1n) is 12.4. The Morgan fingerprint density at radius 1 is 1.15 bits per heavy atom. The molecule has 0 spiro atoms. The number of aliphatic hydroxyl groups excluding tert-OH is 1. The molecule has 210 valence electrons. The number of rotatable bonds is 15. The van der Waals surface area contributed by atoms with Crippen LogP contribution in [0.5, 0.6) is 5.75 Å². The maximum atomic E-state index is 13.4. The first kappa shape index (κ1) is 30.1. The summed E-state index contributed by atoms with van der Waals surface area (Å²) in [5.74, 6) is -1.81. The van der Waals surface area contributed by atoms with Crippen molar-refractivity contribution in [2.45, 2.75) is 37.1 Å². The molecule has 5 N–H and O–H groups in total. The second-order valence-corrected chi connectivity index (χ2v) is 10.6. The Kier molecular flexibility index (Phi) is 10.8. The van der Waals surface area contributed by atoms with Gasteiger partial charge in [0, 0.05) is 17.9 Å². The number of β-lactam (4-membered cyclic amide) rings is 1. The highest BCUT2D eigenvalue weighted by Gasteiger charge is 2.49. The summed E-state index contributed by atoms with van der Waals surface area (Å²) in [5, 5.41) is 20.1. The van der Waals surface area contributed by atoms with Crippen molar-refractivity contribution in [2.24, 2.45) is 11.7 Å². The number of nitrogens with one attached hydrogen (secondary N) is 1. The van der Waals surface area contributed by atoms with Gasteiger partial charge >= 0.3 is 5.97 Å². The molecule has 2 amide bonds. The summed E-state index contributed by atoms with van der Waals surface area (Å²) in [6.45, 7) is 1.15. The Morgan fingerprint density at radius 2 is 1.82 bits per heavy atom. The summed E-state index contributed by atoms with van der Waals surface area (Å²) in [5.41, 5.74) is 6.86. The molecule has 1 unspecified atom stereocenters. The molecule has 0 saturated carbocycles. The average molecular weight is 562 g/mol. The lowest BCUT2D eigenvalue weighted by Gasteiger charge is -2.47. The highest BCUT2D eigenvalue weighted by atomic mass is 32.2. The lowest BCUT2D eigenvalue weighted by molar-refractivity contribution is -0.139.